The number of hydrogen-bond acceptors (Lipinski definition) is 6. The number of ether oxygens (including phenoxy) is 1. The van der Waals surface area contributed by atoms with Crippen molar-refractivity contribution in [3.63, 3.8) is 0 Å². The first-order valence-electron chi connectivity index (χ1n) is 11.2. The molecule has 2 amide bonds. The first-order valence-corrected chi connectivity index (χ1v) is 11.2. The molecule has 0 radical (unpaired) electrons. The van der Waals surface area contributed by atoms with Crippen molar-refractivity contribution in [2.75, 3.05) is 11.9 Å². The summed E-state index contributed by atoms with van der Waals surface area (Å²) in [7, 11) is 0. The number of benzene rings is 1. The summed E-state index contributed by atoms with van der Waals surface area (Å²) in [6.07, 6.45) is -0.498. The molecule has 3 aromatic rings. The van der Waals surface area contributed by atoms with Crippen LogP contribution in [0, 0.1) is 34.6 Å². The van der Waals surface area contributed by atoms with Crippen molar-refractivity contribution >= 4 is 29.1 Å². The highest BCUT2D eigenvalue weighted by atomic mass is 16.5. The number of aryl methyl sites for hydroxylation is 5. The lowest BCUT2D eigenvalue weighted by Gasteiger charge is -2.15. The van der Waals surface area contributed by atoms with E-state index in [9.17, 15) is 14.4 Å². The first kappa shape index (κ1) is 24.9. The van der Waals surface area contributed by atoms with E-state index in [1.165, 1.54) is 6.92 Å². The minimum atomic E-state index is -1.02. The number of aromatic nitrogens is 3. The zero-order chi connectivity index (χ0) is 25.0. The van der Waals surface area contributed by atoms with Crippen LogP contribution in [0.25, 0.3) is 5.65 Å². The second-order valence-corrected chi connectivity index (χ2v) is 8.48. The number of carbonyl (C=O) groups is 3. The molecule has 3 rings (SSSR count). The van der Waals surface area contributed by atoms with Gasteiger partial charge in [0.05, 0.1) is 12.2 Å². The quantitative estimate of drug-likeness (QED) is 0.495. The maximum absolute atomic E-state index is 12.4. The van der Waals surface area contributed by atoms with Crippen LogP contribution in [0.15, 0.2) is 24.3 Å². The molecule has 9 nitrogen and oxygen atoms in total. The Kier molecular flexibility index (Phi) is 7.65. The molecule has 0 fully saturated rings. The maximum atomic E-state index is 12.4. The van der Waals surface area contributed by atoms with Crippen LogP contribution in [0.3, 0.4) is 0 Å². The third kappa shape index (κ3) is 5.78. The van der Waals surface area contributed by atoms with E-state index in [1.807, 2.05) is 58.9 Å². The molecule has 34 heavy (non-hydrogen) atoms. The van der Waals surface area contributed by atoms with Gasteiger partial charge in [0.25, 0.3) is 5.91 Å². The minimum Gasteiger partial charge on any atom is -0.453 e. The summed E-state index contributed by atoms with van der Waals surface area (Å²) in [6, 6.07) is 7.61. The van der Waals surface area contributed by atoms with Crippen LogP contribution in [0.1, 0.15) is 47.1 Å². The number of nitrogens with one attached hydrogen (secondary N) is 2. The molecule has 0 aliphatic rings. The largest absolute Gasteiger partial charge is 0.453 e. The Balaban J connectivity index is 1.49. The van der Waals surface area contributed by atoms with E-state index in [0.29, 0.717) is 6.42 Å². The summed E-state index contributed by atoms with van der Waals surface area (Å²) in [6.45, 7) is 10.8. The normalized spacial score (nSPS) is 11.8. The highest BCUT2D eigenvalue weighted by molar-refractivity contribution is 5.96. The highest BCUT2D eigenvalue weighted by Crippen LogP contribution is 2.19. The Morgan fingerprint density at radius 2 is 1.76 bits per heavy atom. The van der Waals surface area contributed by atoms with E-state index in [4.69, 9.17) is 4.74 Å². The SMILES string of the molecule is Cc1cc2nc(C)c(CCC(=O)O[C@H](C)C(=O)NCC(=O)Nc3c(C)cccc3C)c(C)n2n1. The van der Waals surface area contributed by atoms with Gasteiger partial charge in [-0.1, -0.05) is 18.2 Å². The molecule has 2 aromatic heterocycles. The third-order valence-corrected chi connectivity index (χ3v) is 5.71. The molecule has 0 aliphatic heterocycles. The van der Waals surface area contributed by atoms with Gasteiger partial charge in [-0.3, -0.25) is 14.4 Å². The Morgan fingerprint density at radius 3 is 2.44 bits per heavy atom. The van der Waals surface area contributed by atoms with E-state index in [1.54, 1.807) is 4.52 Å². The van der Waals surface area contributed by atoms with E-state index in [0.717, 1.165) is 45.1 Å². The molecular formula is C25H31N5O4. The molecule has 0 aliphatic carbocycles. The molecule has 180 valence electrons. The van der Waals surface area contributed by atoms with Crippen molar-refractivity contribution in [1.82, 2.24) is 19.9 Å². The lowest BCUT2D eigenvalue weighted by Crippen LogP contribution is -2.40. The molecule has 0 saturated carbocycles. The van der Waals surface area contributed by atoms with Gasteiger partial charge in [-0.2, -0.15) is 5.10 Å². The van der Waals surface area contributed by atoms with Crippen molar-refractivity contribution in [3.05, 3.63) is 58.0 Å². The molecule has 2 N–H and O–H groups in total. The third-order valence-electron chi connectivity index (χ3n) is 5.71. The van der Waals surface area contributed by atoms with Crippen LogP contribution in [0.5, 0.6) is 0 Å². The lowest BCUT2D eigenvalue weighted by molar-refractivity contribution is -0.154. The average Bonchev–Trinajstić information content (AvgIpc) is 3.14. The van der Waals surface area contributed by atoms with Crippen molar-refractivity contribution in [3.8, 4) is 0 Å². The number of hydrogen-bond donors (Lipinski definition) is 2. The van der Waals surface area contributed by atoms with Gasteiger partial charge in [-0.05, 0) is 64.7 Å². The summed E-state index contributed by atoms with van der Waals surface area (Å²) in [5.74, 6) is -1.39. The topological polar surface area (TPSA) is 115 Å². The Labute approximate surface area is 198 Å². The van der Waals surface area contributed by atoms with Gasteiger partial charge >= 0.3 is 5.97 Å². The van der Waals surface area contributed by atoms with Crippen LogP contribution in [0.2, 0.25) is 0 Å². The molecule has 0 bridgehead atoms. The summed E-state index contributed by atoms with van der Waals surface area (Å²) >= 11 is 0. The van der Waals surface area contributed by atoms with Gasteiger partial charge in [-0.25, -0.2) is 9.50 Å². The second kappa shape index (κ2) is 10.5. The Morgan fingerprint density at radius 1 is 1.09 bits per heavy atom. The predicted molar refractivity (Wildman–Crippen MR) is 129 cm³/mol. The lowest BCUT2D eigenvalue weighted by atomic mass is 10.1. The summed E-state index contributed by atoms with van der Waals surface area (Å²) < 4.78 is 7.03. The first-order chi connectivity index (χ1) is 16.1. The number of anilines is 1. The standard InChI is InChI=1S/C25H31N5O4/c1-14-8-7-9-15(2)24(14)28-22(31)13-26-25(33)19(6)34-23(32)11-10-20-17(4)27-21-12-16(3)29-30(21)18(20)5/h7-9,12,19H,10-11,13H2,1-6H3,(H,26,33)(H,28,31)/t19-/m1/s1. The van der Waals surface area contributed by atoms with Crippen LogP contribution in [0.4, 0.5) is 5.69 Å². The summed E-state index contributed by atoms with van der Waals surface area (Å²) in [5, 5.41) is 9.75. The molecule has 0 saturated heterocycles. The number of carbonyl (C=O) groups excluding carboxylic acids is 3. The fourth-order valence-electron chi connectivity index (χ4n) is 3.85. The van der Waals surface area contributed by atoms with Crippen LogP contribution >= 0.6 is 0 Å². The maximum Gasteiger partial charge on any atom is 0.306 e. The van der Waals surface area contributed by atoms with E-state index in [2.05, 4.69) is 20.7 Å². The van der Waals surface area contributed by atoms with Crippen LogP contribution in [-0.4, -0.2) is 45.0 Å². The number of amides is 2. The number of rotatable bonds is 8. The summed E-state index contributed by atoms with van der Waals surface area (Å²) in [5.41, 5.74) is 6.91. The Bertz CT molecular complexity index is 1230. The van der Waals surface area contributed by atoms with E-state index < -0.39 is 18.0 Å². The second-order valence-electron chi connectivity index (χ2n) is 8.48. The fraction of sp³-hybridized carbons (Fsp3) is 0.400. The number of nitrogens with zero attached hydrogens (tertiary/aromatic N) is 3. The zero-order valence-corrected chi connectivity index (χ0v) is 20.5. The van der Waals surface area contributed by atoms with Crippen molar-refractivity contribution in [1.29, 1.82) is 0 Å². The molecular weight excluding hydrogens is 434 g/mol. The molecule has 0 spiro atoms. The Hall–Kier alpha value is -3.75. The number of fused-ring (bicyclic) bond motifs is 1. The monoisotopic (exact) mass is 465 g/mol. The van der Waals surface area contributed by atoms with Gasteiger partial charge < -0.3 is 15.4 Å². The van der Waals surface area contributed by atoms with Gasteiger partial charge in [0.15, 0.2) is 11.8 Å². The fourth-order valence-corrected chi connectivity index (χ4v) is 3.85. The number of esters is 1. The van der Waals surface area contributed by atoms with E-state index in [-0.39, 0.29) is 18.9 Å². The predicted octanol–water partition coefficient (Wildman–Crippen LogP) is 2.89. The summed E-state index contributed by atoms with van der Waals surface area (Å²) in [4.78, 5) is 41.5. The molecule has 1 atom stereocenters. The number of para-hydroxylation sites is 1. The molecule has 1 aromatic carbocycles. The van der Waals surface area contributed by atoms with Crippen LogP contribution in [-0.2, 0) is 25.5 Å². The van der Waals surface area contributed by atoms with Gasteiger partial charge in [0.1, 0.15) is 0 Å². The smallest absolute Gasteiger partial charge is 0.306 e. The average molecular weight is 466 g/mol. The van der Waals surface area contributed by atoms with E-state index >= 15 is 0 Å². The van der Waals surface area contributed by atoms with Gasteiger partial charge in [0.2, 0.25) is 5.91 Å². The highest BCUT2D eigenvalue weighted by Gasteiger charge is 2.20. The van der Waals surface area contributed by atoms with Gasteiger partial charge in [-0.15, -0.1) is 0 Å². The van der Waals surface area contributed by atoms with Crippen LogP contribution < -0.4 is 10.6 Å². The van der Waals surface area contributed by atoms with Crippen molar-refractivity contribution < 1.29 is 19.1 Å². The van der Waals surface area contributed by atoms with Crippen molar-refractivity contribution in [2.45, 2.75) is 60.5 Å². The van der Waals surface area contributed by atoms with Crippen molar-refractivity contribution in [2.24, 2.45) is 0 Å². The van der Waals surface area contributed by atoms with Gasteiger partial charge in [0, 0.05) is 29.6 Å². The zero-order valence-electron chi connectivity index (χ0n) is 20.5. The molecule has 0 unspecified atom stereocenters. The molecule has 9 heteroatoms. The molecule has 2 heterocycles. The minimum absolute atomic E-state index is 0.0970.